The van der Waals surface area contributed by atoms with Crippen molar-refractivity contribution < 1.29 is 34.9 Å². The third kappa shape index (κ3) is 10.8. The van der Waals surface area contributed by atoms with Gasteiger partial charge in [0.15, 0.2) is 22.1 Å². The molecule has 342 valence electrons. The van der Waals surface area contributed by atoms with Gasteiger partial charge in [-0.05, 0) is 108 Å². The van der Waals surface area contributed by atoms with Crippen molar-refractivity contribution in [1.82, 2.24) is 0 Å². The Labute approximate surface area is 382 Å². The number of nitrogens with zero attached hydrogens (tertiary/aromatic N) is 7. The first-order valence-corrected chi connectivity index (χ1v) is 25.4. The van der Waals surface area contributed by atoms with Crippen molar-refractivity contribution in [2.45, 2.75) is 87.0 Å². The number of quaternary nitrogens is 2. The summed E-state index contributed by atoms with van der Waals surface area (Å²) in [6.07, 6.45) is 14.6. The predicted octanol–water partition coefficient (Wildman–Crippen LogP) is 9.18. The lowest BCUT2D eigenvalue weighted by atomic mass is 9.79. The minimum atomic E-state index is -4.65. The fourth-order valence-electron chi connectivity index (χ4n) is 9.46. The Kier molecular flexibility index (Phi) is 13.8. The van der Waals surface area contributed by atoms with Gasteiger partial charge in [-0.15, -0.1) is 0 Å². The van der Waals surface area contributed by atoms with Gasteiger partial charge in [0.1, 0.15) is 10.1 Å². The van der Waals surface area contributed by atoms with E-state index < -0.39 is 30.8 Å². The van der Waals surface area contributed by atoms with Gasteiger partial charge >= 0.3 is 0 Å². The molecule has 3 aromatic rings. The molecule has 6 rings (SSSR count). The van der Waals surface area contributed by atoms with E-state index in [0.717, 1.165) is 118 Å². The van der Waals surface area contributed by atoms with Gasteiger partial charge in [0.2, 0.25) is 5.69 Å². The van der Waals surface area contributed by atoms with Crippen molar-refractivity contribution in [2.75, 3.05) is 79.6 Å². The quantitative estimate of drug-likeness (QED) is 0.0350. The molecule has 0 radical (unpaired) electrons. The molecular formula is C50H67N7O5S2+2. The molecule has 0 unspecified atom stereocenters. The summed E-state index contributed by atoms with van der Waals surface area (Å²) in [5, 5.41) is 3.78. The topological polar surface area (TPSA) is 146 Å². The van der Waals surface area contributed by atoms with Gasteiger partial charge in [-0.2, -0.15) is 4.58 Å². The van der Waals surface area contributed by atoms with Crippen molar-refractivity contribution in [3.63, 3.8) is 0 Å². The van der Waals surface area contributed by atoms with Crippen molar-refractivity contribution in [2.24, 2.45) is 5.11 Å². The second kappa shape index (κ2) is 18.2. The van der Waals surface area contributed by atoms with Crippen molar-refractivity contribution in [1.29, 1.82) is 0 Å². The molecule has 0 saturated heterocycles. The summed E-state index contributed by atoms with van der Waals surface area (Å²) in [6.45, 7) is 12.2. The van der Waals surface area contributed by atoms with Crippen LogP contribution >= 0.6 is 0 Å². The third-order valence-corrected chi connectivity index (χ3v) is 14.8. The first-order chi connectivity index (χ1) is 29.7. The van der Waals surface area contributed by atoms with Crippen LogP contribution in [-0.4, -0.2) is 115 Å². The zero-order valence-electron chi connectivity index (χ0n) is 39.6. The Bertz CT molecular complexity index is 2740. The van der Waals surface area contributed by atoms with Gasteiger partial charge < -0.3 is 18.4 Å². The zero-order chi connectivity index (χ0) is 47.0. The molecule has 0 aromatic heterocycles. The van der Waals surface area contributed by atoms with Crippen LogP contribution < -0.4 is 4.90 Å². The van der Waals surface area contributed by atoms with Crippen LogP contribution in [-0.2, 0) is 37.3 Å². The molecule has 3 aliphatic rings. The lowest BCUT2D eigenvalue weighted by Crippen LogP contribution is -2.37. The maximum Gasteiger partial charge on any atom is 0.209 e. The normalized spacial score (nSPS) is 18.9. The molecule has 14 heteroatoms. The van der Waals surface area contributed by atoms with Crippen LogP contribution in [0.2, 0.25) is 0 Å². The van der Waals surface area contributed by atoms with Crippen molar-refractivity contribution >= 4 is 42.6 Å². The molecule has 0 saturated carbocycles. The molecule has 64 heavy (non-hydrogen) atoms. The van der Waals surface area contributed by atoms with E-state index in [9.17, 15) is 21.4 Å². The minimum Gasteiger partial charge on any atom is -0.744 e. The molecule has 12 nitrogen and oxygen atoms in total. The number of azide groups is 1. The number of rotatable bonds is 16. The van der Waals surface area contributed by atoms with Crippen LogP contribution in [0.5, 0.6) is 0 Å². The summed E-state index contributed by atoms with van der Waals surface area (Å²) in [5.41, 5.74) is 19.2. The molecule has 0 N–H and O–H groups in total. The predicted molar refractivity (Wildman–Crippen MR) is 258 cm³/mol. The number of allylic oxidation sites excluding steroid dienone is 8. The average molecular weight is 910 g/mol. The number of benzene rings is 3. The van der Waals surface area contributed by atoms with Crippen LogP contribution in [0.3, 0.4) is 0 Å². The van der Waals surface area contributed by atoms with Gasteiger partial charge in [-0.1, -0.05) is 55.4 Å². The monoisotopic (exact) mass is 909 g/mol. The van der Waals surface area contributed by atoms with E-state index in [2.05, 4.69) is 126 Å². The van der Waals surface area contributed by atoms with E-state index in [-0.39, 0.29) is 11.4 Å². The second-order valence-electron chi connectivity index (χ2n) is 20.7. The Hall–Kier alpha value is -4.82. The van der Waals surface area contributed by atoms with Crippen molar-refractivity contribution in [3.05, 3.63) is 135 Å². The lowest BCUT2D eigenvalue weighted by molar-refractivity contribution is -0.871. The van der Waals surface area contributed by atoms with E-state index in [1.165, 1.54) is 23.5 Å². The molecule has 0 amide bonds. The van der Waals surface area contributed by atoms with Crippen LogP contribution in [0.25, 0.3) is 16.0 Å². The van der Waals surface area contributed by atoms with Gasteiger partial charge in [0.05, 0.1) is 83.5 Å². The van der Waals surface area contributed by atoms with Gasteiger partial charge in [0.25, 0.3) is 0 Å². The van der Waals surface area contributed by atoms with Gasteiger partial charge in [-0.3, -0.25) is 0 Å². The Morgan fingerprint density at radius 3 is 2.08 bits per heavy atom. The highest BCUT2D eigenvalue weighted by Gasteiger charge is 2.45. The molecule has 2 heterocycles. The molecular weight excluding hydrogens is 843 g/mol. The number of sulfone groups is 1. The second-order valence-corrected chi connectivity index (χ2v) is 24.1. The first-order valence-electron chi connectivity index (χ1n) is 22.1. The first kappa shape index (κ1) is 48.6. The molecule has 3 aromatic carbocycles. The van der Waals surface area contributed by atoms with E-state index in [1.54, 1.807) is 18.2 Å². The Morgan fingerprint density at radius 2 is 1.45 bits per heavy atom. The third-order valence-electron chi connectivity index (χ3n) is 12.8. The molecule has 0 fully saturated rings. The number of hydrogen-bond acceptors (Lipinski definition) is 7. The highest BCUT2D eigenvalue weighted by Crippen LogP contribution is 2.49. The van der Waals surface area contributed by atoms with E-state index in [4.69, 9.17) is 5.53 Å². The Morgan fingerprint density at radius 1 is 0.812 bits per heavy atom. The van der Waals surface area contributed by atoms with Crippen LogP contribution in [0.4, 0.5) is 11.4 Å². The molecule has 0 atom stereocenters. The molecule has 0 bridgehead atoms. The van der Waals surface area contributed by atoms with E-state index in [1.807, 2.05) is 24.3 Å². The number of hydrogen-bond donors (Lipinski definition) is 0. The standard InChI is InChI=1S/C50H67N7O5S2/c1-49(2)42-33-40(63(11,58)59)23-25-44(42)54(29-13-31-56(5,6)7)46(49)27-21-37-15-12-16-38(48(37)39-19-17-36(18-20-39)35-52-53-51)22-28-47-50(3,4)43-34-41(64(60,61)62)24-26-45(43)55(47)30-14-32-57(8,9)10/h17-28,33-34H,12-16,29-32,35H2,1-11H3/q+2. The molecule has 2 aliphatic heterocycles. The smallest absolute Gasteiger partial charge is 0.209 e. The molecule has 0 spiro atoms. The highest BCUT2D eigenvalue weighted by atomic mass is 32.2. The summed E-state index contributed by atoms with van der Waals surface area (Å²) in [6, 6.07) is 18.5. The largest absolute Gasteiger partial charge is 0.744 e. The van der Waals surface area contributed by atoms with Gasteiger partial charge in [-0.25, -0.2) is 16.8 Å². The Balaban J connectivity index is 1.51. The summed E-state index contributed by atoms with van der Waals surface area (Å²) in [7, 11) is 5.03. The average Bonchev–Trinajstić information content (AvgIpc) is 3.54. The van der Waals surface area contributed by atoms with Crippen LogP contribution in [0.1, 0.15) is 82.1 Å². The summed E-state index contributed by atoms with van der Waals surface area (Å²) in [4.78, 5) is 5.34. The summed E-state index contributed by atoms with van der Waals surface area (Å²) >= 11 is 0. The number of anilines is 1. The SMILES string of the molecule is CC1(C)C(=CC=C2CCCC(C=CC3=[N+](CCC[N+](C)(C)C)c4ccc(S(C)(=O)=O)cc4C3(C)C)=C2c2ccc(CN=[N+]=[N-])cc2)N(CCC[N+](C)(C)C)c2ccc(S(=O)(=O)[O-])cc21. The lowest BCUT2D eigenvalue weighted by Gasteiger charge is -2.29. The van der Waals surface area contributed by atoms with Crippen LogP contribution in [0.15, 0.2) is 117 Å². The maximum atomic E-state index is 12.8. The maximum absolute atomic E-state index is 12.8. The molecule has 1 aliphatic carbocycles. The van der Waals surface area contributed by atoms with Crippen molar-refractivity contribution in [3.8, 4) is 0 Å². The van der Waals surface area contributed by atoms with E-state index in [0.29, 0.717) is 4.90 Å². The fraction of sp³-hybridized carbons (Fsp3) is 0.460. The minimum absolute atomic E-state index is 0.225. The van der Waals surface area contributed by atoms with Gasteiger partial charge in [0, 0.05) is 58.6 Å². The van der Waals surface area contributed by atoms with Crippen LogP contribution in [0, 0.1) is 0 Å². The summed E-state index contributed by atoms with van der Waals surface area (Å²) < 4.78 is 66.2. The fourth-order valence-corrected chi connectivity index (χ4v) is 10.6. The van der Waals surface area contributed by atoms with E-state index >= 15 is 0 Å². The zero-order valence-corrected chi connectivity index (χ0v) is 41.3. The summed E-state index contributed by atoms with van der Waals surface area (Å²) in [5.74, 6) is 0. The number of fused-ring (bicyclic) bond motifs is 2. The highest BCUT2D eigenvalue weighted by molar-refractivity contribution is 7.90.